The van der Waals surface area contributed by atoms with Gasteiger partial charge >= 0.3 is 5.97 Å². The number of esters is 1. The summed E-state index contributed by atoms with van der Waals surface area (Å²) in [7, 11) is 2.93. The number of nitrogens with zero attached hydrogens (tertiary/aromatic N) is 3. The molecule has 2 aromatic carbocycles. The zero-order valence-corrected chi connectivity index (χ0v) is 17.8. The maximum Gasteiger partial charge on any atom is 0.337 e. The van der Waals surface area contributed by atoms with E-state index in [0.717, 1.165) is 21.5 Å². The van der Waals surface area contributed by atoms with Crippen molar-refractivity contribution in [2.45, 2.75) is 6.54 Å². The molecule has 0 spiro atoms. The molecular weight excluding hydrogens is 414 g/mol. The number of anilines is 1. The molecule has 31 heavy (non-hydrogen) atoms. The minimum absolute atomic E-state index is 0.230. The number of amides is 1. The predicted octanol–water partition coefficient (Wildman–Crippen LogP) is 4.33. The van der Waals surface area contributed by atoms with Crippen molar-refractivity contribution in [3.05, 3.63) is 83.7 Å². The molecule has 2 heterocycles. The highest BCUT2D eigenvalue weighted by molar-refractivity contribution is 7.22. The van der Waals surface area contributed by atoms with Crippen LogP contribution in [0, 0.1) is 0 Å². The quantitative estimate of drug-likeness (QED) is 0.421. The van der Waals surface area contributed by atoms with Gasteiger partial charge in [0, 0.05) is 18.0 Å². The fraction of sp³-hybridized carbons (Fsp3) is 0.130. The summed E-state index contributed by atoms with van der Waals surface area (Å²) in [4.78, 5) is 35.6. The van der Waals surface area contributed by atoms with Crippen molar-refractivity contribution >= 4 is 38.6 Å². The topological polar surface area (TPSA) is 81.6 Å². The Kier molecular flexibility index (Phi) is 5.90. The fourth-order valence-electron chi connectivity index (χ4n) is 3.06. The molecule has 1 amide bonds. The van der Waals surface area contributed by atoms with E-state index in [9.17, 15) is 9.59 Å². The average Bonchev–Trinajstić information content (AvgIpc) is 3.25. The highest BCUT2D eigenvalue weighted by Crippen LogP contribution is 2.33. The Hall–Kier alpha value is -3.78. The van der Waals surface area contributed by atoms with E-state index in [2.05, 4.69) is 9.97 Å². The molecule has 0 unspecified atom stereocenters. The summed E-state index contributed by atoms with van der Waals surface area (Å²) in [5.74, 6) is 0.0452. The van der Waals surface area contributed by atoms with E-state index in [1.54, 1.807) is 48.7 Å². The van der Waals surface area contributed by atoms with Gasteiger partial charge in [0.1, 0.15) is 5.75 Å². The summed E-state index contributed by atoms with van der Waals surface area (Å²) in [5, 5.41) is 0.564. The van der Waals surface area contributed by atoms with Gasteiger partial charge in [-0.05, 0) is 54.1 Å². The highest BCUT2D eigenvalue weighted by Gasteiger charge is 2.22. The molecule has 0 atom stereocenters. The molecule has 0 aliphatic rings. The van der Waals surface area contributed by atoms with Crippen LogP contribution in [-0.4, -0.2) is 36.1 Å². The van der Waals surface area contributed by atoms with E-state index in [1.165, 1.54) is 18.4 Å². The van der Waals surface area contributed by atoms with Crippen LogP contribution < -0.4 is 9.64 Å². The SMILES string of the molecule is COC(=O)c1ccc(C(=O)N(Cc2cccnc2)c2nc3ccc(OC)cc3s2)cc1. The van der Waals surface area contributed by atoms with E-state index >= 15 is 0 Å². The third kappa shape index (κ3) is 4.39. The lowest BCUT2D eigenvalue weighted by molar-refractivity contribution is 0.0600. The number of fused-ring (bicyclic) bond motifs is 1. The van der Waals surface area contributed by atoms with Gasteiger partial charge in [0.25, 0.3) is 5.91 Å². The third-order valence-electron chi connectivity index (χ3n) is 4.68. The number of ether oxygens (including phenoxy) is 2. The van der Waals surface area contributed by atoms with Gasteiger partial charge in [0.15, 0.2) is 5.13 Å². The second-order valence-electron chi connectivity index (χ2n) is 6.65. The van der Waals surface area contributed by atoms with Crippen molar-refractivity contribution in [1.29, 1.82) is 0 Å². The molecule has 0 N–H and O–H groups in total. The summed E-state index contributed by atoms with van der Waals surface area (Å²) >= 11 is 1.41. The lowest BCUT2D eigenvalue weighted by Crippen LogP contribution is -2.30. The monoisotopic (exact) mass is 433 g/mol. The molecule has 0 saturated heterocycles. The van der Waals surface area contributed by atoms with Crippen LogP contribution in [0.2, 0.25) is 0 Å². The summed E-state index contributed by atoms with van der Waals surface area (Å²) < 4.78 is 10.9. The maximum atomic E-state index is 13.4. The van der Waals surface area contributed by atoms with Gasteiger partial charge in [-0.1, -0.05) is 17.4 Å². The van der Waals surface area contributed by atoms with Gasteiger partial charge in [0.05, 0.1) is 36.5 Å². The van der Waals surface area contributed by atoms with Gasteiger partial charge in [-0.3, -0.25) is 14.7 Å². The molecule has 8 heteroatoms. The van der Waals surface area contributed by atoms with Crippen LogP contribution in [0.25, 0.3) is 10.2 Å². The fourth-order valence-corrected chi connectivity index (χ4v) is 4.05. The molecule has 0 aliphatic heterocycles. The number of thiazole rings is 1. The van der Waals surface area contributed by atoms with Crippen LogP contribution in [-0.2, 0) is 11.3 Å². The second-order valence-corrected chi connectivity index (χ2v) is 7.66. The highest BCUT2D eigenvalue weighted by atomic mass is 32.1. The molecule has 0 aliphatic carbocycles. The Bertz CT molecular complexity index is 1220. The maximum absolute atomic E-state index is 13.4. The van der Waals surface area contributed by atoms with Crippen LogP contribution in [0.4, 0.5) is 5.13 Å². The average molecular weight is 433 g/mol. The van der Waals surface area contributed by atoms with Gasteiger partial charge in [0.2, 0.25) is 0 Å². The molecule has 0 saturated carbocycles. The van der Waals surface area contributed by atoms with Gasteiger partial charge < -0.3 is 9.47 Å². The van der Waals surface area contributed by atoms with Crippen LogP contribution in [0.1, 0.15) is 26.3 Å². The first-order valence-corrected chi connectivity index (χ1v) is 10.2. The van der Waals surface area contributed by atoms with Crippen molar-refractivity contribution < 1.29 is 19.1 Å². The van der Waals surface area contributed by atoms with Crippen molar-refractivity contribution in [1.82, 2.24) is 9.97 Å². The van der Waals surface area contributed by atoms with E-state index in [4.69, 9.17) is 9.47 Å². The summed E-state index contributed by atoms with van der Waals surface area (Å²) in [5.41, 5.74) is 2.48. The van der Waals surface area contributed by atoms with E-state index in [1.807, 2.05) is 30.3 Å². The van der Waals surface area contributed by atoms with Crippen LogP contribution in [0.5, 0.6) is 5.75 Å². The standard InChI is InChI=1S/C23H19N3O4S/c1-29-18-9-10-19-20(12-18)31-23(25-19)26(14-15-4-3-11-24-13-15)21(27)16-5-7-17(8-6-16)22(28)30-2/h3-13H,14H2,1-2H3. The lowest BCUT2D eigenvalue weighted by Gasteiger charge is -2.20. The smallest absolute Gasteiger partial charge is 0.337 e. The summed E-state index contributed by atoms with van der Waals surface area (Å²) in [6.45, 7) is 0.308. The first-order chi connectivity index (χ1) is 15.1. The number of hydrogen-bond donors (Lipinski definition) is 0. The largest absolute Gasteiger partial charge is 0.497 e. The molecule has 4 aromatic rings. The molecule has 2 aromatic heterocycles. The number of carbonyl (C=O) groups excluding carboxylic acids is 2. The third-order valence-corrected chi connectivity index (χ3v) is 5.72. The van der Waals surface area contributed by atoms with E-state index < -0.39 is 5.97 Å². The Morgan fingerprint density at radius 2 is 1.81 bits per heavy atom. The van der Waals surface area contributed by atoms with E-state index in [0.29, 0.717) is 22.8 Å². The molecule has 156 valence electrons. The Morgan fingerprint density at radius 3 is 2.48 bits per heavy atom. The number of methoxy groups -OCH3 is 2. The first kappa shape index (κ1) is 20.5. The van der Waals surface area contributed by atoms with Crippen molar-refractivity contribution in [3.63, 3.8) is 0 Å². The van der Waals surface area contributed by atoms with Crippen LogP contribution >= 0.6 is 11.3 Å². The predicted molar refractivity (Wildman–Crippen MR) is 119 cm³/mol. The molecule has 7 nitrogen and oxygen atoms in total. The van der Waals surface area contributed by atoms with Crippen LogP contribution in [0.3, 0.4) is 0 Å². The van der Waals surface area contributed by atoms with Crippen molar-refractivity contribution in [3.8, 4) is 5.75 Å². The van der Waals surface area contributed by atoms with Crippen molar-refractivity contribution in [2.75, 3.05) is 19.1 Å². The number of rotatable bonds is 6. The minimum Gasteiger partial charge on any atom is -0.497 e. The number of aromatic nitrogens is 2. The second kappa shape index (κ2) is 8.93. The van der Waals surface area contributed by atoms with Gasteiger partial charge in [-0.15, -0.1) is 0 Å². The molecular formula is C23H19N3O4S. The first-order valence-electron chi connectivity index (χ1n) is 9.43. The Morgan fingerprint density at radius 1 is 1.03 bits per heavy atom. The number of carbonyl (C=O) groups is 2. The molecule has 0 radical (unpaired) electrons. The summed E-state index contributed by atoms with van der Waals surface area (Å²) in [6, 6.07) is 15.7. The van der Waals surface area contributed by atoms with Gasteiger partial charge in [-0.25, -0.2) is 9.78 Å². The van der Waals surface area contributed by atoms with Crippen LogP contribution in [0.15, 0.2) is 67.0 Å². The minimum atomic E-state index is -0.452. The number of benzene rings is 2. The number of pyridine rings is 1. The Balaban J connectivity index is 1.72. The van der Waals surface area contributed by atoms with E-state index in [-0.39, 0.29) is 5.91 Å². The summed E-state index contributed by atoms with van der Waals surface area (Å²) in [6.07, 6.45) is 3.40. The normalized spacial score (nSPS) is 10.6. The number of hydrogen-bond acceptors (Lipinski definition) is 7. The molecule has 4 rings (SSSR count). The molecule has 0 bridgehead atoms. The zero-order valence-electron chi connectivity index (χ0n) is 16.9. The van der Waals surface area contributed by atoms with Crippen molar-refractivity contribution in [2.24, 2.45) is 0 Å². The lowest BCUT2D eigenvalue weighted by atomic mass is 10.1. The molecule has 0 fully saturated rings. The Labute approximate surface area is 182 Å². The zero-order chi connectivity index (χ0) is 21.8. The van der Waals surface area contributed by atoms with Gasteiger partial charge in [-0.2, -0.15) is 0 Å².